The lowest BCUT2D eigenvalue weighted by Crippen LogP contribution is -1.79. The molecule has 0 unspecified atom stereocenters. The number of halogens is 2. The van der Waals surface area contributed by atoms with Crippen LogP contribution >= 0.6 is 27.5 Å². The molecule has 0 aliphatic heterocycles. The van der Waals surface area contributed by atoms with E-state index in [4.69, 9.17) is 11.6 Å². The van der Waals surface area contributed by atoms with E-state index >= 15 is 0 Å². The van der Waals surface area contributed by atoms with Gasteiger partial charge in [-0.2, -0.15) is 0 Å². The Morgan fingerprint density at radius 1 is 1.56 bits per heavy atom. The Bertz CT molecular complexity index is 224. The van der Waals surface area contributed by atoms with Gasteiger partial charge in [0.25, 0.3) is 0 Å². The van der Waals surface area contributed by atoms with Gasteiger partial charge in [0, 0.05) is 0 Å². The topological polar surface area (TPSA) is 12.9 Å². The first kappa shape index (κ1) is 7.03. The van der Waals surface area contributed by atoms with Gasteiger partial charge < -0.3 is 0 Å². The van der Waals surface area contributed by atoms with Crippen molar-refractivity contribution >= 4 is 27.5 Å². The normalized spacial score (nSPS) is 9.67. The van der Waals surface area contributed by atoms with Gasteiger partial charge in [0.1, 0.15) is 9.76 Å². The van der Waals surface area contributed by atoms with E-state index in [1.807, 2.05) is 13.0 Å². The number of rotatable bonds is 0. The minimum Gasteiger partial charge on any atom is -0.229 e. The molecule has 0 bridgehead atoms. The minimum absolute atomic E-state index is 0.521. The van der Waals surface area contributed by atoms with E-state index in [-0.39, 0.29) is 0 Å². The second kappa shape index (κ2) is 2.67. The minimum atomic E-state index is 0.521. The fourth-order valence-electron chi connectivity index (χ4n) is 0.482. The number of pyridine rings is 1. The van der Waals surface area contributed by atoms with Crippen molar-refractivity contribution in [1.29, 1.82) is 0 Å². The van der Waals surface area contributed by atoms with Gasteiger partial charge in [-0.05, 0) is 34.5 Å². The molecule has 1 nitrogen and oxygen atoms in total. The zero-order chi connectivity index (χ0) is 6.85. The predicted octanol–water partition coefficient (Wildman–Crippen LogP) is 2.81. The third kappa shape index (κ3) is 1.66. The van der Waals surface area contributed by atoms with Gasteiger partial charge in [-0.15, -0.1) is 0 Å². The van der Waals surface area contributed by atoms with Crippen molar-refractivity contribution in [2.45, 2.75) is 6.92 Å². The lowest BCUT2D eigenvalue weighted by Gasteiger charge is -1.94. The molecule has 48 valence electrons. The van der Waals surface area contributed by atoms with Crippen LogP contribution in [-0.2, 0) is 0 Å². The van der Waals surface area contributed by atoms with Crippen molar-refractivity contribution < 1.29 is 0 Å². The van der Waals surface area contributed by atoms with Crippen LogP contribution in [0.1, 0.15) is 5.56 Å². The van der Waals surface area contributed by atoms with Crippen LogP contribution in [0.15, 0.2) is 16.7 Å². The molecule has 0 fully saturated rings. The maximum Gasteiger partial charge on any atom is 0.130 e. The fraction of sp³-hybridized carbons (Fsp3) is 0.167. The molecule has 0 aliphatic rings. The quantitative estimate of drug-likeness (QED) is 0.595. The molecule has 0 aliphatic carbocycles. The van der Waals surface area contributed by atoms with Crippen molar-refractivity contribution in [3.8, 4) is 0 Å². The second-order valence-electron chi connectivity index (χ2n) is 1.74. The Kier molecular flexibility index (Phi) is 2.09. The molecule has 3 heteroatoms. The van der Waals surface area contributed by atoms with Gasteiger partial charge in [-0.25, -0.2) is 4.98 Å². The predicted molar refractivity (Wildman–Crippen MR) is 41.7 cm³/mol. The number of hydrogen-bond acceptors (Lipinski definition) is 1. The molecule has 0 saturated carbocycles. The maximum absolute atomic E-state index is 5.58. The molecule has 0 amide bonds. The molecule has 0 aromatic carbocycles. The summed E-state index contributed by atoms with van der Waals surface area (Å²) in [4.78, 5) is 3.96. The molecular weight excluding hydrogens is 201 g/mol. The summed E-state index contributed by atoms with van der Waals surface area (Å²) >= 11 is 8.83. The van der Waals surface area contributed by atoms with E-state index in [9.17, 15) is 0 Å². The summed E-state index contributed by atoms with van der Waals surface area (Å²) in [5.74, 6) is 0. The summed E-state index contributed by atoms with van der Waals surface area (Å²) in [5.41, 5.74) is 1.10. The van der Waals surface area contributed by atoms with Crippen LogP contribution in [0.4, 0.5) is 0 Å². The van der Waals surface area contributed by atoms with Gasteiger partial charge in [0.15, 0.2) is 0 Å². The summed E-state index contributed by atoms with van der Waals surface area (Å²) in [6.45, 7) is 1.97. The molecule has 9 heavy (non-hydrogen) atoms. The Hall–Kier alpha value is -0.0800. The third-order valence-electron chi connectivity index (χ3n) is 1.00. The van der Waals surface area contributed by atoms with Gasteiger partial charge in [0.2, 0.25) is 0 Å². The second-order valence-corrected chi connectivity index (χ2v) is 2.88. The Balaban J connectivity index is 3.17. The largest absolute Gasteiger partial charge is 0.229 e. The van der Waals surface area contributed by atoms with Gasteiger partial charge >= 0.3 is 0 Å². The van der Waals surface area contributed by atoms with E-state index in [1.165, 1.54) is 0 Å². The number of aromatic nitrogens is 1. The lowest BCUT2D eigenvalue weighted by atomic mass is 10.3. The van der Waals surface area contributed by atoms with Crippen LogP contribution in [0.25, 0.3) is 0 Å². The first-order valence-corrected chi connectivity index (χ1v) is 3.66. The molecule has 1 rings (SSSR count). The lowest BCUT2D eigenvalue weighted by molar-refractivity contribution is 1.22. The first-order valence-electron chi connectivity index (χ1n) is 2.49. The van der Waals surface area contributed by atoms with E-state index < -0.39 is 0 Å². The van der Waals surface area contributed by atoms with Crippen LogP contribution in [0.5, 0.6) is 0 Å². The molecule has 0 N–H and O–H groups in total. The molecular formula is C6H5BrClN. The third-order valence-corrected chi connectivity index (χ3v) is 2.01. The molecule has 0 radical (unpaired) electrons. The first-order chi connectivity index (χ1) is 4.20. The number of nitrogens with zero attached hydrogens (tertiary/aromatic N) is 1. The standard InChI is InChI=1S/C6H5BrClN/c1-4-2-3-5(8)9-6(4)7/h2-3H,1H3. The van der Waals surface area contributed by atoms with E-state index in [2.05, 4.69) is 20.9 Å². The molecule has 1 aromatic heterocycles. The summed E-state index contributed by atoms with van der Waals surface area (Å²) in [6.07, 6.45) is 0. The maximum atomic E-state index is 5.58. The fourth-order valence-corrected chi connectivity index (χ4v) is 1.05. The van der Waals surface area contributed by atoms with Crippen molar-refractivity contribution in [1.82, 2.24) is 4.98 Å². The number of hydrogen-bond donors (Lipinski definition) is 0. The van der Waals surface area contributed by atoms with Crippen LogP contribution in [0.2, 0.25) is 5.15 Å². The Morgan fingerprint density at radius 2 is 2.22 bits per heavy atom. The number of aryl methyl sites for hydroxylation is 1. The van der Waals surface area contributed by atoms with Crippen molar-refractivity contribution in [3.05, 3.63) is 27.5 Å². The van der Waals surface area contributed by atoms with Gasteiger partial charge in [0.05, 0.1) is 0 Å². The highest BCUT2D eigenvalue weighted by atomic mass is 79.9. The van der Waals surface area contributed by atoms with Crippen LogP contribution in [0, 0.1) is 6.92 Å². The van der Waals surface area contributed by atoms with E-state index in [0.717, 1.165) is 10.2 Å². The molecule has 1 aromatic rings. The average Bonchev–Trinajstić information content (AvgIpc) is 1.80. The monoisotopic (exact) mass is 205 g/mol. The summed E-state index contributed by atoms with van der Waals surface area (Å²) in [7, 11) is 0. The highest BCUT2D eigenvalue weighted by molar-refractivity contribution is 9.10. The van der Waals surface area contributed by atoms with E-state index in [1.54, 1.807) is 6.07 Å². The van der Waals surface area contributed by atoms with Crippen molar-refractivity contribution in [2.75, 3.05) is 0 Å². The van der Waals surface area contributed by atoms with Gasteiger partial charge in [-0.1, -0.05) is 17.7 Å². The summed E-state index contributed by atoms with van der Waals surface area (Å²) in [5, 5.41) is 0.521. The SMILES string of the molecule is Cc1ccc(Cl)nc1Br. The zero-order valence-electron chi connectivity index (χ0n) is 4.86. The molecule has 0 saturated heterocycles. The zero-order valence-corrected chi connectivity index (χ0v) is 7.20. The molecule has 0 spiro atoms. The van der Waals surface area contributed by atoms with Crippen LogP contribution in [0.3, 0.4) is 0 Å². The molecule has 1 heterocycles. The summed E-state index contributed by atoms with van der Waals surface area (Å²) < 4.78 is 0.815. The smallest absolute Gasteiger partial charge is 0.130 e. The Morgan fingerprint density at radius 3 is 2.67 bits per heavy atom. The van der Waals surface area contributed by atoms with Crippen molar-refractivity contribution in [2.24, 2.45) is 0 Å². The van der Waals surface area contributed by atoms with E-state index in [0.29, 0.717) is 5.15 Å². The summed E-state index contributed by atoms with van der Waals surface area (Å²) in [6, 6.07) is 3.68. The average molecular weight is 206 g/mol. The highest BCUT2D eigenvalue weighted by Gasteiger charge is 1.94. The van der Waals surface area contributed by atoms with Gasteiger partial charge in [-0.3, -0.25) is 0 Å². The Labute approximate surface area is 67.2 Å². The van der Waals surface area contributed by atoms with Crippen molar-refractivity contribution in [3.63, 3.8) is 0 Å². The highest BCUT2D eigenvalue weighted by Crippen LogP contribution is 2.15. The van der Waals surface area contributed by atoms with Crippen LogP contribution in [-0.4, -0.2) is 4.98 Å². The van der Waals surface area contributed by atoms with Crippen LogP contribution < -0.4 is 0 Å². The molecule has 0 atom stereocenters.